The molecule has 1 atom stereocenters. The van der Waals surface area contributed by atoms with E-state index < -0.39 is 12.0 Å². The summed E-state index contributed by atoms with van der Waals surface area (Å²) in [4.78, 5) is 24.6. The van der Waals surface area contributed by atoms with Crippen molar-refractivity contribution in [1.82, 2.24) is 10.6 Å². The fourth-order valence-electron chi connectivity index (χ4n) is 2.88. The Morgan fingerprint density at radius 1 is 1.15 bits per heavy atom. The zero-order valence-electron chi connectivity index (χ0n) is 14.3. The smallest absolute Gasteiger partial charge is 0.338 e. The van der Waals surface area contributed by atoms with Crippen molar-refractivity contribution in [2.45, 2.75) is 19.4 Å². The maximum Gasteiger partial charge on any atom is 0.338 e. The molecule has 0 radical (unpaired) electrons. The molecule has 1 heterocycles. The number of esters is 1. The number of hydrogen-bond acceptors (Lipinski definition) is 3. The summed E-state index contributed by atoms with van der Waals surface area (Å²) < 4.78 is 6.35. The number of ether oxygens (including phenoxy) is 1. The summed E-state index contributed by atoms with van der Waals surface area (Å²) >= 11 is 3.42. The van der Waals surface area contributed by atoms with E-state index in [2.05, 4.69) is 26.6 Å². The number of halogens is 1. The zero-order chi connectivity index (χ0) is 18.5. The molecule has 0 fully saturated rings. The van der Waals surface area contributed by atoms with Gasteiger partial charge in [-0.15, -0.1) is 0 Å². The third-order valence-electron chi connectivity index (χ3n) is 4.14. The second kappa shape index (κ2) is 8.19. The van der Waals surface area contributed by atoms with Gasteiger partial charge in [-0.1, -0.05) is 58.4 Å². The average molecular weight is 415 g/mol. The molecule has 2 aromatic carbocycles. The first-order chi connectivity index (χ1) is 12.5. The van der Waals surface area contributed by atoms with E-state index in [9.17, 15) is 9.59 Å². The molecular formula is C20H19BrN2O3. The molecule has 2 amide bonds. The van der Waals surface area contributed by atoms with Crippen molar-refractivity contribution in [3.05, 3.63) is 81.5 Å². The molecule has 6 heteroatoms. The van der Waals surface area contributed by atoms with Crippen LogP contribution in [0.1, 0.15) is 24.1 Å². The number of hydrogen-bond donors (Lipinski definition) is 2. The molecule has 0 saturated heterocycles. The summed E-state index contributed by atoms with van der Waals surface area (Å²) in [6.45, 7) is 1.98. The monoisotopic (exact) mass is 414 g/mol. The fourth-order valence-corrected chi connectivity index (χ4v) is 3.30. The Kier molecular flexibility index (Phi) is 5.73. The first-order valence-corrected chi connectivity index (χ1v) is 9.08. The number of rotatable bonds is 5. The lowest BCUT2D eigenvalue weighted by Crippen LogP contribution is -2.45. The molecule has 0 bridgehead atoms. The van der Waals surface area contributed by atoms with Crippen LogP contribution in [-0.2, 0) is 16.0 Å². The number of urea groups is 1. The van der Waals surface area contributed by atoms with Gasteiger partial charge < -0.3 is 15.4 Å². The van der Waals surface area contributed by atoms with Gasteiger partial charge in [-0.05, 0) is 30.2 Å². The normalized spacial score (nSPS) is 16.7. The Bertz CT molecular complexity index is 849. The van der Waals surface area contributed by atoms with E-state index in [1.807, 2.05) is 54.6 Å². The number of carbonyl (C=O) groups excluding carboxylic acids is 2. The van der Waals surface area contributed by atoms with Gasteiger partial charge in [0.05, 0.1) is 18.2 Å². The molecular weight excluding hydrogens is 396 g/mol. The van der Waals surface area contributed by atoms with Crippen LogP contribution in [-0.4, -0.2) is 18.6 Å². The minimum Gasteiger partial charge on any atom is -0.462 e. The minimum atomic E-state index is -0.550. The van der Waals surface area contributed by atoms with Crippen LogP contribution in [0.4, 0.5) is 4.79 Å². The van der Waals surface area contributed by atoms with Crippen LogP contribution in [0, 0.1) is 0 Å². The van der Waals surface area contributed by atoms with Gasteiger partial charge in [0.15, 0.2) is 0 Å². The van der Waals surface area contributed by atoms with Crippen molar-refractivity contribution >= 4 is 27.9 Å². The van der Waals surface area contributed by atoms with Gasteiger partial charge in [0, 0.05) is 16.6 Å². The zero-order valence-corrected chi connectivity index (χ0v) is 15.9. The highest BCUT2D eigenvalue weighted by Crippen LogP contribution is 2.29. The van der Waals surface area contributed by atoms with Crippen LogP contribution in [0.5, 0.6) is 0 Å². The van der Waals surface area contributed by atoms with Gasteiger partial charge in [0.2, 0.25) is 0 Å². The molecule has 5 nitrogen and oxygen atoms in total. The number of amides is 2. The molecule has 0 spiro atoms. The number of nitrogens with one attached hydrogen (secondary N) is 2. The number of allylic oxidation sites excluding steroid dienone is 1. The highest BCUT2D eigenvalue weighted by molar-refractivity contribution is 9.10. The molecule has 134 valence electrons. The lowest BCUT2D eigenvalue weighted by molar-refractivity contribution is -0.139. The van der Waals surface area contributed by atoms with Gasteiger partial charge in [-0.3, -0.25) is 0 Å². The third-order valence-corrected chi connectivity index (χ3v) is 4.63. The van der Waals surface area contributed by atoms with E-state index in [4.69, 9.17) is 4.74 Å². The maximum absolute atomic E-state index is 12.7. The SMILES string of the molecule is CC1=C(C(=O)OCCc2ccccc2)C(c2cccc(Br)c2)NC(=O)N1. The van der Waals surface area contributed by atoms with Crippen LogP contribution in [0.15, 0.2) is 70.3 Å². The van der Waals surface area contributed by atoms with Gasteiger partial charge in [-0.25, -0.2) is 9.59 Å². The van der Waals surface area contributed by atoms with Crippen molar-refractivity contribution in [3.63, 3.8) is 0 Å². The van der Waals surface area contributed by atoms with Crippen LogP contribution in [0.2, 0.25) is 0 Å². The molecule has 0 saturated carbocycles. The second-order valence-corrected chi connectivity index (χ2v) is 6.91. The van der Waals surface area contributed by atoms with Crippen molar-refractivity contribution < 1.29 is 14.3 Å². The highest BCUT2D eigenvalue weighted by Gasteiger charge is 2.32. The topological polar surface area (TPSA) is 67.4 Å². The van der Waals surface area contributed by atoms with Crippen molar-refractivity contribution in [1.29, 1.82) is 0 Å². The second-order valence-electron chi connectivity index (χ2n) is 6.00. The molecule has 0 aromatic heterocycles. The summed E-state index contributed by atoms with van der Waals surface area (Å²) in [5, 5.41) is 5.45. The average Bonchev–Trinajstić information content (AvgIpc) is 2.62. The lowest BCUT2D eigenvalue weighted by atomic mass is 9.96. The fraction of sp³-hybridized carbons (Fsp3) is 0.200. The molecule has 1 aliphatic heterocycles. The quantitative estimate of drug-likeness (QED) is 0.729. The Balaban J connectivity index is 1.76. The van der Waals surface area contributed by atoms with E-state index in [0.717, 1.165) is 15.6 Å². The largest absolute Gasteiger partial charge is 0.462 e. The Morgan fingerprint density at radius 2 is 1.92 bits per heavy atom. The van der Waals surface area contributed by atoms with Crippen LogP contribution >= 0.6 is 15.9 Å². The molecule has 0 aliphatic carbocycles. The minimum absolute atomic E-state index is 0.277. The van der Waals surface area contributed by atoms with E-state index >= 15 is 0 Å². The molecule has 1 unspecified atom stereocenters. The molecule has 26 heavy (non-hydrogen) atoms. The van der Waals surface area contributed by atoms with E-state index in [-0.39, 0.29) is 12.6 Å². The third kappa shape index (κ3) is 4.32. The van der Waals surface area contributed by atoms with Crippen LogP contribution in [0.3, 0.4) is 0 Å². The summed E-state index contributed by atoms with van der Waals surface area (Å²) in [6, 6.07) is 16.4. The first-order valence-electron chi connectivity index (χ1n) is 8.29. The Labute approximate surface area is 160 Å². The molecule has 2 N–H and O–H groups in total. The summed E-state index contributed by atoms with van der Waals surface area (Å²) in [6.07, 6.45) is 0.639. The van der Waals surface area contributed by atoms with E-state index in [1.165, 1.54) is 0 Å². The Morgan fingerprint density at radius 3 is 2.65 bits per heavy atom. The van der Waals surface area contributed by atoms with Crippen LogP contribution in [0.25, 0.3) is 0 Å². The van der Waals surface area contributed by atoms with E-state index in [0.29, 0.717) is 17.7 Å². The molecule has 3 rings (SSSR count). The highest BCUT2D eigenvalue weighted by atomic mass is 79.9. The maximum atomic E-state index is 12.7. The van der Waals surface area contributed by atoms with Crippen LogP contribution < -0.4 is 10.6 Å². The van der Waals surface area contributed by atoms with Crippen molar-refractivity contribution in [3.8, 4) is 0 Å². The summed E-state index contributed by atoms with van der Waals surface area (Å²) in [5.74, 6) is -0.434. The predicted molar refractivity (Wildman–Crippen MR) is 102 cm³/mol. The molecule has 2 aromatic rings. The first kappa shape index (κ1) is 18.2. The standard InChI is InChI=1S/C20H19BrN2O3/c1-13-17(19(24)26-11-10-14-6-3-2-4-7-14)18(23-20(25)22-13)15-8-5-9-16(21)12-15/h2-9,12,18H,10-11H2,1H3,(H2,22,23,25). The Hall–Kier alpha value is -2.60. The number of benzene rings is 2. The lowest BCUT2D eigenvalue weighted by Gasteiger charge is -2.28. The predicted octanol–water partition coefficient (Wildman–Crippen LogP) is 3.86. The number of carbonyl (C=O) groups is 2. The van der Waals surface area contributed by atoms with Gasteiger partial charge >= 0.3 is 12.0 Å². The van der Waals surface area contributed by atoms with Gasteiger partial charge in [-0.2, -0.15) is 0 Å². The summed E-state index contributed by atoms with van der Waals surface area (Å²) in [7, 11) is 0. The van der Waals surface area contributed by atoms with E-state index in [1.54, 1.807) is 6.92 Å². The van der Waals surface area contributed by atoms with Gasteiger partial charge in [0.1, 0.15) is 0 Å². The van der Waals surface area contributed by atoms with Crippen molar-refractivity contribution in [2.24, 2.45) is 0 Å². The summed E-state index contributed by atoms with van der Waals surface area (Å²) in [5.41, 5.74) is 2.83. The van der Waals surface area contributed by atoms with Gasteiger partial charge in [0.25, 0.3) is 0 Å². The van der Waals surface area contributed by atoms with Crippen molar-refractivity contribution in [2.75, 3.05) is 6.61 Å². The molecule has 1 aliphatic rings.